The van der Waals surface area contributed by atoms with Crippen LogP contribution >= 0.6 is 39.1 Å². The molecular weight excluding hydrogens is 611 g/mol. The molecule has 0 aromatic heterocycles. The van der Waals surface area contributed by atoms with E-state index in [1.807, 2.05) is 48.5 Å². The predicted molar refractivity (Wildman–Crippen MR) is 165 cm³/mol. The molecule has 3 aromatic carbocycles. The van der Waals surface area contributed by atoms with Gasteiger partial charge >= 0.3 is 0 Å². The van der Waals surface area contributed by atoms with Gasteiger partial charge in [-0.3, -0.25) is 9.59 Å². The topological polar surface area (TPSA) is 58.6 Å². The minimum absolute atomic E-state index is 0.111. The summed E-state index contributed by atoms with van der Waals surface area (Å²) in [4.78, 5) is 29.4. The minimum Gasteiger partial charge on any atom is -0.483 e. The first-order valence-electron chi connectivity index (χ1n) is 13.8. The van der Waals surface area contributed by atoms with E-state index in [0.29, 0.717) is 27.8 Å². The van der Waals surface area contributed by atoms with E-state index in [1.165, 1.54) is 6.42 Å². The first-order chi connectivity index (χ1) is 19.3. The van der Waals surface area contributed by atoms with Crippen LogP contribution in [0.5, 0.6) is 5.75 Å². The second-order valence-electron chi connectivity index (χ2n) is 10.2. The van der Waals surface area contributed by atoms with E-state index >= 15 is 0 Å². The van der Waals surface area contributed by atoms with Crippen LogP contribution in [0.1, 0.15) is 55.7 Å². The molecule has 0 radical (unpaired) electrons. The number of benzene rings is 3. The molecule has 1 saturated carbocycles. The van der Waals surface area contributed by atoms with Crippen molar-refractivity contribution in [3.63, 3.8) is 0 Å². The molecule has 1 aliphatic carbocycles. The van der Waals surface area contributed by atoms with Gasteiger partial charge in [0.05, 0.1) is 4.47 Å². The van der Waals surface area contributed by atoms with Gasteiger partial charge in [0.2, 0.25) is 5.91 Å². The summed E-state index contributed by atoms with van der Waals surface area (Å²) in [5.41, 5.74) is 2.83. The standard InChI is InChI=1S/C32H35BrCl2N2O3/c1-2-22-13-16-30(27(33)17-22)40-21-31(38)37(20-24-14-15-25(34)19-28(24)35)29(18-23-9-5-3-6-10-23)32(39)36-26-11-7-4-8-12-26/h3,5-6,9-10,13-17,19,26,29H,2,4,7-8,11-12,18,20-21H2,1H3,(H,36,39)/t29-/m1/s1. The molecule has 0 bridgehead atoms. The van der Waals surface area contributed by atoms with Gasteiger partial charge in [-0.1, -0.05) is 91.9 Å². The molecule has 2 amide bonds. The average Bonchev–Trinajstić information content (AvgIpc) is 2.96. The highest BCUT2D eigenvalue weighted by molar-refractivity contribution is 9.10. The second-order valence-corrected chi connectivity index (χ2v) is 11.9. The molecule has 0 heterocycles. The van der Waals surface area contributed by atoms with Crippen LogP contribution in [0.25, 0.3) is 0 Å². The van der Waals surface area contributed by atoms with Gasteiger partial charge in [0.1, 0.15) is 11.8 Å². The molecular formula is C32H35BrCl2N2O3. The fraction of sp³-hybridized carbons (Fsp3) is 0.375. The van der Waals surface area contributed by atoms with Crippen molar-refractivity contribution in [3.05, 3.63) is 97.9 Å². The maximum absolute atomic E-state index is 13.9. The summed E-state index contributed by atoms with van der Waals surface area (Å²) in [6.45, 7) is 2.00. The van der Waals surface area contributed by atoms with E-state index in [-0.39, 0.29) is 31.0 Å². The zero-order chi connectivity index (χ0) is 28.5. The maximum Gasteiger partial charge on any atom is 0.261 e. The lowest BCUT2D eigenvalue weighted by molar-refractivity contribution is -0.143. The highest BCUT2D eigenvalue weighted by Gasteiger charge is 2.32. The molecule has 212 valence electrons. The SMILES string of the molecule is CCc1ccc(OCC(=O)N(Cc2ccc(Cl)cc2Cl)[C@H](Cc2ccccc2)C(=O)NC2CCCCC2)c(Br)c1. The van der Waals surface area contributed by atoms with Crippen molar-refractivity contribution in [2.45, 2.75) is 70.5 Å². The summed E-state index contributed by atoms with van der Waals surface area (Å²) in [5, 5.41) is 4.19. The maximum atomic E-state index is 13.9. The third-order valence-corrected chi connectivity index (χ3v) is 8.54. The van der Waals surface area contributed by atoms with Gasteiger partial charge in [0.25, 0.3) is 5.91 Å². The van der Waals surface area contributed by atoms with Crippen molar-refractivity contribution in [3.8, 4) is 5.75 Å². The fourth-order valence-electron chi connectivity index (χ4n) is 5.04. The van der Waals surface area contributed by atoms with Gasteiger partial charge in [0, 0.05) is 29.1 Å². The fourth-order valence-corrected chi connectivity index (χ4v) is 6.04. The molecule has 0 spiro atoms. The number of hydrogen-bond donors (Lipinski definition) is 1. The lowest BCUT2D eigenvalue weighted by Crippen LogP contribution is -2.53. The van der Waals surface area contributed by atoms with Crippen molar-refractivity contribution in [2.75, 3.05) is 6.61 Å². The van der Waals surface area contributed by atoms with E-state index < -0.39 is 6.04 Å². The highest BCUT2D eigenvalue weighted by Crippen LogP contribution is 2.28. The van der Waals surface area contributed by atoms with Crippen LogP contribution in [-0.4, -0.2) is 35.4 Å². The zero-order valence-corrected chi connectivity index (χ0v) is 25.8. The van der Waals surface area contributed by atoms with Gasteiger partial charge in [-0.15, -0.1) is 0 Å². The summed E-state index contributed by atoms with van der Waals surface area (Å²) in [5.74, 6) is 0.0983. The van der Waals surface area contributed by atoms with Gasteiger partial charge in [-0.25, -0.2) is 0 Å². The normalized spacial score (nSPS) is 14.4. The molecule has 8 heteroatoms. The van der Waals surface area contributed by atoms with Crippen LogP contribution in [0.3, 0.4) is 0 Å². The van der Waals surface area contributed by atoms with Gasteiger partial charge in [-0.2, -0.15) is 0 Å². The van der Waals surface area contributed by atoms with Crippen molar-refractivity contribution >= 4 is 50.9 Å². The quantitative estimate of drug-likeness (QED) is 0.232. The Morgan fingerprint density at radius 3 is 2.42 bits per heavy atom. The molecule has 0 saturated heterocycles. The molecule has 5 nitrogen and oxygen atoms in total. The number of hydrogen-bond acceptors (Lipinski definition) is 3. The number of aryl methyl sites for hydroxylation is 1. The Balaban J connectivity index is 1.63. The Morgan fingerprint density at radius 2 is 1.75 bits per heavy atom. The monoisotopic (exact) mass is 644 g/mol. The van der Waals surface area contributed by atoms with Crippen LogP contribution < -0.4 is 10.1 Å². The van der Waals surface area contributed by atoms with Crippen molar-refractivity contribution < 1.29 is 14.3 Å². The number of nitrogens with zero attached hydrogens (tertiary/aromatic N) is 1. The minimum atomic E-state index is -0.752. The van der Waals surface area contributed by atoms with Crippen LogP contribution in [0.4, 0.5) is 0 Å². The number of ether oxygens (including phenoxy) is 1. The van der Waals surface area contributed by atoms with Crippen LogP contribution in [0.15, 0.2) is 71.2 Å². The van der Waals surface area contributed by atoms with Gasteiger partial charge in [0.15, 0.2) is 6.61 Å². The summed E-state index contributed by atoms with van der Waals surface area (Å²) in [6.07, 6.45) is 6.53. The first-order valence-corrected chi connectivity index (χ1v) is 15.4. The molecule has 1 fully saturated rings. The zero-order valence-electron chi connectivity index (χ0n) is 22.7. The molecule has 0 aliphatic heterocycles. The molecule has 4 rings (SSSR count). The van der Waals surface area contributed by atoms with Crippen LogP contribution in [0.2, 0.25) is 10.0 Å². The lowest BCUT2D eigenvalue weighted by atomic mass is 9.94. The Bertz CT molecular complexity index is 1300. The third-order valence-electron chi connectivity index (χ3n) is 7.33. The first kappa shape index (κ1) is 30.4. The molecule has 1 N–H and O–H groups in total. The van der Waals surface area contributed by atoms with Crippen molar-refractivity contribution in [1.29, 1.82) is 0 Å². The van der Waals surface area contributed by atoms with Crippen LogP contribution in [-0.2, 0) is 29.0 Å². The van der Waals surface area contributed by atoms with Crippen LogP contribution in [0, 0.1) is 0 Å². The molecule has 3 aromatic rings. The van der Waals surface area contributed by atoms with Gasteiger partial charge in [-0.05, 0) is 76.1 Å². The molecule has 40 heavy (non-hydrogen) atoms. The average molecular weight is 646 g/mol. The van der Waals surface area contributed by atoms with E-state index in [1.54, 1.807) is 23.1 Å². The second kappa shape index (κ2) is 14.9. The number of halogens is 3. The Morgan fingerprint density at radius 1 is 1.00 bits per heavy atom. The third kappa shape index (κ3) is 8.48. The summed E-state index contributed by atoms with van der Waals surface area (Å²) < 4.78 is 6.75. The number of rotatable bonds is 11. The smallest absolute Gasteiger partial charge is 0.261 e. The summed E-state index contributed by atoms with van der Waals surface area (Å²) in [6, 6.07) is 20.1. The summed E-state index contributed by atoms with van der Waals surface area (Å²) in [7, 11) is 0. The lowest BCUT2D eigenvalue weighted by Gasteiger charge is -2.33. The van der Waals surface area contributed by atoms with Crippen molar-refractivity contribution in [1.82, 2.24) is 10.2 Å². The Kier molecular flexibility index (Phi) is 11.3. The highest BCUT2D eigenvalue weighted by atomic mass is 79.9. The van der Waals surface area contributed by atoms with Crippen molar-refractivity contribution in [2.24, 2.45) is 0 Å². The largest absolute Gasteiger partial charge is 0.483 e. The number of carbonyl (C=O) groups excluding carboxylic acids is 2. The number of carbonyl (C=O) groups is 2. The number of nitrogens with one attached hydrogen (secondary N) is 1. The van der Waals surface area contributed by atoms with E-state index in [9.17, 15) is 9.59 Å². The van der Waals surface area contributed by atoms with E-state index in [4.69, 9.17) is 27.9 Å². The number of amides is 2. The molecule has 0 unspecified atom stereocenters. The Hall–Kier alpha value is -2.54. The van der Waals surface area contributed by atoms with E-state index in [0.717, 1.165) is 47.7 Å². The predicted octanol–water partition coefficient (Wildman–Crippen LogP) is 7.79. The molecule has 1 aliphatic rings. The summed E-state index contributed by atoms with van der Waals surface area (Å²) >= 11 is 16.2. The Labute approximate surface area is 255 Å². The van der Waals surface area contributed by atoms with Gasteiger partial charge < -0.3 is 15.0 Å². The van der Waals surface area contributed by atoms with E-state index in [2.05, 4.69) is 28.2 Å². The molecule has 1 atom stereocenters.